The van der Waals surface area contributed by atoms with Crippen molar-refractivity contribution in [1.29, 1.82) is 0 Å². The Morgan fingerprint density at radius 1 is 0.964 bits per heavy atom. The number of carbonyl (C=O) groups is 1. The Bertz CT molecular complexity index is 846. The summed E-state index contributed by atoms with van der Waals surface area (Å²) < 4.78 is 17.2. The molecule has 0 heterocycles. The Kier molecular flexibility index (Phi) is 6.72. The molecule has 2 aromatic carbocycles. The number of hydrogen-bond donors (Lipinski definition) is 0. The first-order valence-electron chi connectivity index (χ1n) is 9.31. The van der Waals surface area contributed by atoms with Crippen molar-refractivity contribution < 1.29 is 18.7 Å². The highest BCUT2D eigenvalue weighted by atomic mass is 28.4. The second-order valence-corrected chi connectivity index (χ2v) is 12.9. The van der Waals surface area contributed by atoms with E-state index in [1.165, 1.54) is 0 Å². The largest absolute Gasteiger partial charge is 0.541 e. The van der Waals surface area contributed by atoms with Crippen LogP contribution in [-0.2, 0) is 0 Å². The van der Waals surface area contributed by atoms with Crippen LogP contribution in [0.2, 0.25) is 18.1 Å². The van der Waals surface area contributed by atoms with Crippen molar-refractivity contribution in [2.45, 2.75) is 38.9 Å². The lowest BCUT2D eigenvalue weighted by Crippen LogP contribution is -2.44. The number of ether oxygens (including phenoxy) is 2. The third kappa shape index (κ3) is 5.04. The fourth-order valence-corrected chi connectivity index (χ4v) is 3.39. The molecule has 0 saturated carbocycles. The second kappa shape index (κ2) is 8.65. The summed E-state index contributed by atoms with van der Waals surface area (Å²) in [6.07, 6.45) is 3.35. The zero-order chi connectivity index (χ0) is 20.9. The van der Waals surface area contributed by atoms with Crippen LogP contribution in [0.1, 0.15) is 36.7 Å². The van der Waals surface area contributed by atoms with E-state index >= 15 is 0 Å². The highest BCUT2D eigenvalue weighted by molar-refractivity contribution is 6.74. The number of hydrogen-bond acceptors (Lipinski definition) is 4. The molecule has 0 spiro atoms. The maximum Gasteiger partial charge on any atom is 0.250 e. The fraction of sp³-hybridized carbons (Fsp3) is 0.348. The first kappa shape index (κ1) is 21.8. The van der Waals surface area contributed by atoms with Gasteiger partial charge >= 0.3 is 0 Å². The van der Waals surface area contributed by atoms with Gasteiger partial charge in [0, 0.05) is 11.1 Å². The SMILES string of the molecule is COc1ccc(C(=O)C=Cc2cccc(OC)c2O[Si](C)(C)C(C)(C)C)cc1. The Morgan fingerprint density at radius 3 is 2.14 bits per heavy atom. The lowest BCUT2D eigenvalue weighted by atomic mass is 10.1. The number of carbonyl (C=O) groups excluding carboxylic acids is 1. The quantitative estimate of drug-likeness (QED) is 0.327. The van der Waals surface area contributed by atoms with Gasteiger partial charge in [0.05, 0.1) is 14.2 Å². The van der Waals surface area contributed by atoms with Crippen LogP contribution in [0.4, 0.5) is 0 Å². The first-order chi connectivity index (χ1) is 13.1. The summed E-state index contributed by atoms with van der Waals surface area (Å²) in [5.41, 5.74) is 1.43. The van der Waals surface area contributed by atoms with Crippen LogP contribution in [0.5, 0.6) is 17.2 Å². The van der Waals surface area contributed by atoms with Gasteiger partial charge in [0.15, 0.2) is 17.3 Å². The molecule has 0 aromatic heterocycles. The lowest BCUT2D eigenvalue weighted by molar-refractivity contribution is 0.104. The van der Waals surface area contributed by atoms with E-state index in [4.69, 9.17) is 13.9 Å². The maximum atomic E-state index is 12.5. The molecule has 150 valence electrons. The molecule has 0 fully saturated rings. The normalized spacial score (nSPS) is 12.1. The van der Waals surface area contributed by atoms with Gasteiger partial charge in [0.1, 0.15) is 5.75 Å². The molecule has 0 N–H and O–H groups in total. The van der Waals surface area contributed by atoms with E-state index < -0.39 is 8.32 Å². The summed E-state index contributed by atoms with van der Waals surface area (Å²) in [6, 6.07) is 12.8. The Balaban J connectivity index is 2.34. The minimum Gasteiger partial charge on any atom is -0.541 e. The molecular weight excluding hydrogens is 368 g/mol. The summed E-state index contributed by atoms with van der Waals surface area (Å²) >= 11 is 0. The van der Waals surface area contributed by atoms with Gasteiger partial charge in [-0.25, -0.2) is 0 Å². The van der Waals surface area contributed by atoms with Crippen LogP contribution in [0.3, 0.4) is 0 Å². The maximum absolute atomic E-state index is 12.5. The molecule has 0 aliphatic carbocycles. The van der Waals surface area contributed by atoms with Gasteiger partial charge in [0.25, 0.3) is 8.32 Å². The first-order valence-corrected chi connectivity index (χ1v) is 12.2. The van der Waals surface area contributed by atoms with Crippen molar-refractivity contribution in [2.75, 3.05) is 14.2 Å². The van der Waals surface area contributed by atoms with Gasteiger partial charge in [-0.3, -0.25) is 4.79 Å². The number of rotatable bonds is 7. The summed E-state index contributed by atoms with van der Waals surface area (Å²) in [4.78, 5) is 12.5. The molecule has 0 aliphatic heterocycles. The molecule has 4 nitrogen and oxygen atoms in total. The smallest absolute Gasteiger partial charge is 0.250 e. The minimum atomic E-state index is -2.07. The molecule has 0 saturated heterocycles. The average Bonchev–Trinajstić information content (AvgIpc) is 2.65. The van der Waals surface area contributed by atoms with Crippen LogP contribution in [-0.4, -0.2) is 28.3 Å². The highest BCUT2D eigenvalue weighted by Crippen LogP contribution is 2.41. The van der Waals surface area contributed by atoms with Crippen LogP contribution < -0.4 is 13.9 Å². The van der Waals surface area contributed by atoms with Crippen molar-refractivity contribution in [3.05, 3.63) is 59.7 Å². The zero-order valence-electron chi connectivity index (χ0n) is 17.8. The van der Waals surface area contributed by atoms with Gasteiger partial charge in [-0.15, -0.1) is 0 Å². The van der Waals surface area contributed by atoms with E-state index in [2.05, 4.69) is 33.9 Å². The van der Waals surface area contributed by atoms with Crippen LogP contribution in [0.25, 0.3) is 6.08 Å². The Morgan fingerprint density at radius 2 is 1.61 bits per heavy atom. The van der Waals surface area contributed by atoms with Gasteiger partial charge in [-0.05, 0) is 60.6 Å². The van der Waals surface area contributed by atoms with E-state index in [-0.39, 0.29) is 10.8 Å². The number of methoxy groups -OCH3 is 2. The summed E-state index contributed by atoms with van der Waals surface area (Å²) in [7, 11) is 1.16. The molecule has 0 amide bonds. The molecule has 0 aliphatic rings. The summed E-state index contributed by atoms with van der Waals surface area (Å²) in [5.74, 6) is 2.00. The lowest BCUT2D eigenvalue weighted by Gasteiger charge is -2.37. The molecule has 0 atom stereocenters. The zero-order valence-corrected chi connectivity index (χ0v) is 18.8. The Labute approximate surface area is 169 Å². The second-order valence-electron chi connectivity index (χ2n) is 8.17. The van der Waals surface area contributed by atoms with E-state index in [0.29, 0.717) is 17.1 Å². The standard InChI is InChI=1S/C23H30O4Si/c1-23(2,3)28(6,7)27-22-18(9-8-10-21(22)26-5)13-16-20(24)17-11-14-19(25-4)15-12-17/h8-16H,1-7H3. The topological polar surface area (TPSA) is 44.8 Å². The Hall–Kier alpha value is -2.53. The molecule has 0 unspecified atom stereocenters. The van der Waals surface area contributed by atoms with Crippen molar-refractivity contribution in [3.63, 3.8) is 0 Å². The van der Waals surface area contributed by atoms with Crippen LogP contribution >= 0.6 is 0 Å². The third-order valence-corrected chi connectivity index (χ3v) is 9.51. The third-order valence-electron chi connectivity index (χ3n) is 5.18. The van der Waals surface area contributed by atoms with E-state index in [9.17, 15) is 4.79 Å². The van der Waals surface area contributed by atoms with Gasteiger partial charge in [-0.1, -0.05) is 32.9 Å². The highest BCUT2D eigenvalue weighted by Gasteiger charge is 2.39. The monoisotopic (exact) mass is 398 g/mol. The van der Waals surface area contributed by atoms with Gasteiger partial charge in [-0.2, -0.15) is 0 Å². The fourth-order valence-electron chi connectivity index (χ4n) is 2.36. The average molecular weight is 399 g/mol. The van der Waals surface area contributed by atoms with E-state index in [0.717, 1.165) is 11.3 Å². The molecule has 28 heavy (non-hydrogen) atoms. The minimum absolute atomic E-state index is 0.0494. The van der Waals surface area contributed by atoms with Crippen molar-refractivity contribution >= 4 is 20.2 Å². The van der Waals surface area contributed by atoms with Crippen molar-refractivity contribution in [3.8, 4) is 17.2 Å². The molecule has 5 heteroatoms. The number of para-hydroxylation sites is 1. The number of benzene rings is 2. The van der Waals surface area contributed by atoms with Crippen LogP contribution in [0, 0.1) is 0 Å². The van der Waals surface area contributed by atoms with Crippen molar-refractivity contribution in [1.82, 2.24) is 0 Å². The summed E-state index contributed by atoms with van der Waals surface area (Å²) in [5, 5.41) is 0.0494. The van der Waals surface area contributed by atoms with E-state index in [1.54, 1.807) is 50.6 Å². The molecule has 2 rings (SSSR count). The van der Waals surface area contributed by atoms with Gasteiger partial charge < -0.3 is 13.9 Å². The molecule has 0 bridgehead atoms. The van der Waals surface area contributed by atoms with Crippen LogP contribution in [0.15, 0.2) is 48.5 Å². The van der Waals surface area contributed by atoms with Crippen molar-refractivity contribution in [2.24, 2.45) is 0 Å². The number of allylic oxidation sites excluding steroid dienone is 1. The molecular formula is C23H30O4Si. The summed E-state index contributed by atoms with van der Waals surface area (Å²) in [6.45, 7) is 11.0. The number of ketones is 1. The van der Waals surface area contributed by atoms with E-state index in [1.807, 2.05) is 18.2 Å². The van der Waals surface area contributed by atoms with Gasteiger partial charge in [0.2, 0.25) is 0 Å². The predicted octanol–water partition coefficient (Wildman–Crippen LogP) is 5.98. The predicted molar refractivity (Wildman–Crippen MR) is 117 cm³/mol. The molecule has 0 radical (unpaired) electrons. The molecule has 2 aromatic rings.